The Kier molecular flexibility index (Phi) is 8.47. The number of amides is 2. The summed E-state index contributed by atoms with van der Waals surface area (Å²) in [6.45, 7) is 1.13. The minimum Gasteiger partial charge on any atom is -0.465 e. The molecule has 12 heteroatoms. The van der Waals surface area contributed by atoms with Crippen LogP contribution in [0.5, 0.6) is 0 Å². The molecule has 2 heterocycles. The third-order valence-corrected chi connectivity index (χ3v) is 5.82. The summed E-state index contributed by atoms with van der Waals surface area (Å²) in [5, 5.41) is 14.0. The molecule has 0 aromatic carbocycles. The predicted octanol–water partition coefficient (Wildman–Crippen LogP) is 2.77. The molecular formula is C19H28ClFN6O4. The second kappa shape index (κ2) is 11.3. The number of nitrogens with zero attached hydrogens (tertiary/aromatic N) is 2. The van der Waals surface area contributed by atoms with Crippen molar-refractivity contribution in [3.8, 4) is 0 Å². The molecule has 0 radical (unpaired) electrons. The van der Waals surface area contributed by atoms with Crippen LogP contribution in [0.3, 0.4) is 0 Å². The van der Waals surface area contributed by atoms with Crippen LogP contribution in [0.1, 0.15) is 44.9 Å². The number of hydrazine groups is 1. The van der Waals surface area contributed by atoms with Gasteiger partial charge in [-0.25, -0.2) is 4.79 Å². The molecule has 1 saturated carbocycles. The molecule has 1 saturated heterocycles. The van der Waals surface area contributed by atoms with Crippen LogP contribution >= 0.6 is 11.6 Å². The van der Waals surface area contributed by atoms with Crippen LogP contribution in [0.25, 0.3) is 0 Å². The average molecular weight is 459 g/mol. The highest BCUT2D eigenvalue weighted by molar-refractivity contribution is 6.28. The summed E-state index contributed by atoms with van der Waals surface area (Å²) in [5.74, 6) is -1.77. The second-order valence-corrected chi connectivity index (χ2v) is 8.26. The van der Waals surface area contributed by atoms with Crippen molar-refractivity contribution in [2.45, 2.75) is 51.0 Å². The molecule has 0 unspecified atom stereocenters. The number of rotatable bonds is 9. The van der Waals surface area contributed by atoms with Crippen molar-refractivity contribution >= 4 is 35.2 Å². The van der Waals surface area contributed by atoms with Crippen molar-refractivity contribution in [1.29, 1.82) is 0 Å². The Labute approximate surface area is 184 Å². The minimum atomic E-state index is -1.20. The normalized spacial score (nSPS) is 18.4. The van der Waals surface area contributed by atoms with Gasteiger partial charge in [-0.3, -0.25) is 15.6 Å². The Balaban J connectivity index is 1.62. The Morgan fingerprint density at radius 1 is 1.16 bits per heavy atom. The van der Waals surface area contributed by atoms with Crippen LogP contribution in [0, 0.1) is 17.7 Å². The zero-order chi connectivity index (χ0) is 22.2. The topological polar surface area (TPSA) is 138 Å². The van der Waals surface area contributed by atoms with Gasteiger partial charge in [-0.2, -0.15) is 14.4 Å². The Morgan fingerprint density at radius 3 is 2.52 bits per heavy atom. The molecule has 1 aromatic heterocycles. The molecule has 0 bridgehead atoms. The molecule has 2 fully saturated rings. The van der Waals surface area contributed by atoms with Gasteiger partial charge in [-0.05, 0) is 36.8 Å². The summed E-state index contributed by atoms with van der Waals surface area (Å²) in [6.07, 6.45) is 5.02. The van der Waals surface area contributed by atoms with E-state index in [-0.39, 0.29) is 29.5 Å². The van der Waals surface area contributed by atoms with Gasteiger partial charge in [-0.15, -0.1) is 0 Å². The molecule has 2 aliphatic rings. The van der Waals surface area contributed by atoms with E-state index in [1.165, 1.54) is 0 Å². The Hall–Kier alpha value is -2.40. The third-order valence-electron chi connectivity index (χ3n) is 5.65. The van der Waals surface area contributed by atoms with Crippen molar-refractivity contribution in [2.75, 3.05) is 30.5 Å². The first-order chi connectivity index (χ1) is 14.9. The lowest BCUT2D eigenvalue weighted by molar-refractivity contribution is -0.124. The second-order valence-electron chi connectivity index (χ2n) is 7.92. The number of ether oxygens (including phenoxy) is 1. The molecule has 1 aliphatic heterocycles. The average Bonchev–Trinajstić information content (AvgIpc) is 3.26. The van der Waals surface area contributed by atoms with E-state index in [0.29, 0.717) is 38.4 Å². The van der Waals surface area contributed by atoms with Crippen molar-refractivity contribution in [2.24, 2.45) is 11.8 Å². The minimum absolute atomic E-state index is 0.00505. The van der Waals surface area contributed by atoms with Crippen molar-refractivity contribution in [3.05, 3.63) is 11.1 Å². The summed E-state index contributed by atoms with van der Waals surface area (Å²) in [6, 6.07) is -0.00505. The van der Waals surface area contributed by atoms with Gasteiger partial charge in [0.15, 0.2) is 11.6 Å². The van der Waals surface area contributed by atoms with E-state index in [1.54, 1.807) is 0 Å². The third kappa shape index (κ3) is 7.06. The fourth-order valence-electron chi connectivity index (χ4n) is 4.00. The van der Waals surface area contributed by atoms with E-state index in [9.17, 15) is 14.0 Å². The molecule has 172 valence electrons. The fraction of sp³-hybridized carbons (Fsp3) is 0.684. The smallest absolute Gasteiger partial charge is 0.404 e. The van der Waals surface area contributed by atoms with E-state index in [1.807, 2.05) is 0 Å². The predicted molar refractivity (Wildman–Crippen MR) is 112 cm³/mol. The van der Waals surface area contributed by atoms with Gasteiger partial charge in [0.05, 0.1) is 5.92 Å². The lowest BCUT2D eigenvalue weighted by Gasteiger charge is -2.24. The van der Waals surface area contributed by atoms with Crippen molar-refractivity contribution < 1.29 is 23.8 Å². The van der Waals surface area contributed by atoms with Crippen LogP contribution in [-0.4, -0.2) is 52.9 Å². The van der Waals surface area contributed by atoms with Crippen LogP contribution in [0.15, 0.2) is 0 Å². The summed E-state index contributed by atoms with van der Waals surface area (Å²) in [4.78, 5) is 31.3. The SMILES string of the molecule is O=C(O)NC[C@@H](CC1CCCC1)C(=O)NNc1nc(Cl)nc(NC2CCOCC2)c1F. The van der Waals surface area contributed by atoms with Crippen molar-refractivity contribution in [3.63, 3.8) is 0 Å². The van der Waals surface area contributed by atoms with Gasteiger partial charge in [0, 0.05) is 25.8 Å². The standard InChI is InChI=1S/C19H28ClFN6O4/c20-18-24-15(23-13-5-7-31-8-6-13)14(21)16(25-18)26-27-17(28)12(10-22-19(29)30)9-11-3-1-2-4-11/h11-13,22H,1-10H2,(H,27,28)(H,29,30)(H2,23,24,25,26)/t12-/m1/s1. The van der Waals surface area contributed by atoms with Crippen LogP contribution < -0.4 is 21.5 Å². The Bertz CT molecular complexity index is 774. The van der Waals surface area contributed by atoms with Crippen LogP contribution in [-0.2, 0) is 9.53 Å². The lowest BCUT2D eigenvalue weighted by Crippen LogP contribution is -2.42. The maximum atomic E-state index is 14.9. The highest BCUT2D eigenvalue weighted by atomic mass is 35.5. The van der Waals surface area contributed by atoms with E-state index in [4.69, 9.17) is 21.4 Å². The first kappa shape index (κ1) is 23.3. The first-order valence-electron chi connectivity index (χ1n) is 10.5. The number of carbonyl (C=O) groups excluding carboxylic acids is 1. The van der Waals surface area contributed by atoms with E-state index >= 15 is 0 Å². The molecule has 1 aliphatic carbocycles. The number of hydrogen-bond acceptors (Lipinski definition) is 7. The number of hydrogen-bond donors (Lipinski definition) is 5. The van der Waals surface area contributed by atoms with Crippen LogP contribution in [0.2, 0.25) is 5.28 Å². The summed E-state index contributed by atoms with van der Waals surface area (Å²) < 4.78 is 20.1. The van der Waals surface area contributed by atoms with E-state index < -0.39 is 23.7 Å². The number of aromatic nitrogens is 2. The first-order valence-corrected chi connectivity index (χ1v) is 10.9. The number of halogens is 2. The molecular weight excluding hydrogens is 431 g/mol. The molecule has 10 nitrogen and oxygen atoms in total. The molecule has 0 spiro atoms. The van der Waals surface area contributed by atoms with E-state index in [2.05, 4.69) is 31.5 Å². The van der Waals surface area contributed by atoms with Gasteiger partial charge in [0.1, 0.15) is 0 Å². The zero-order valence-electron chi connectivity index (χ0n) is 17.1. The number of carbonyl (C=O) groups is 2. The van der Waals surface area contributed by atoms with Crippen molar-refractivity contribution in [1.82, 2.24) is 20.7 Å². The molecule has 3 rings (SSSR count). The number of anilines is 2. The van der Waals surface area contributed by atoms with Gasteiger partial charge in [-0.1, -0.05) is 25.7 Å². The number of nitrogens with one attached hydrogen (secondary N) is 4. The quantitative estimate of drug-likeness (QED) is 0.281. The fourth-order valence-corrected chi connectivity index (χ4v) is 4.17. The highest BCUT2D eigenvalue weighted by Gasteiger charge is 2.26. The largest absolute Gasteiger partial charge is 0.465 e. The van der Waals surface area contributed by atoms with Crippen LogP contribution in [0.4, 0.5) is 20.8 Å². The lowest BCUT2D eigenvalue weighted by atomic mass is 9.92. The van der Waals surface area contributed by atoms with Gasteiger partial charge in [0.2, 0.25) is 17.0 Å². The Morgan fingerprint density at radius 2 is 1.84 bits per heavy atom. The van der Waals surface area contributed by atoms with E-state index in [0.717, 1.165) is 25.7 Å². The maximum Gasteiger partial charge on any atom is 0.404 e. The molecule has 1 aromatic rings. The summed E-state index contributed by atoms with van der Waals surface area (Å²) >= 11 is 5.93. The molecule has 5 N–H and O–H groups in total. The molecule has 2 amide bonds. The van der Waals surface area contributed by atoms with Gasteiger partial charge in [0.25, 0.3) is 0 Å². The van der Waals surface area contributed by atoms with Gasteiger partial charge < -0.3 is 20.5 Å². The monoisotopic (exact) mass is 458 g/mol. The van der Waals surface area contributed by atoms with Gasteiger partial charge >= 0.3 is 6.09 Å². The summed E-state index contributed by atoms with van der Waals surface area (Å²) in [7, 11) is 0. The molecule has 1 atom stereocenters. The number of carboxylic acid groups (broad SMARTS) is 1. The zero-order valence-corrected chi connectivity index (χ0v) is 17.9. The maximum absolute atomic E-state index is 14.9. The molecule has 31 heavy (non-hydrogen) atoms. The highest BCUT2D eigenvalue weighted by Crippen LogP contribution is 2.30. The summed E-state index contributed by atoms with van der Waals surface area (Å²) in [5.41, 5.74) is 4.91.